The zero-order chi connectivity index (χ0) is 21.4. The van der Waals surface area contributed by atoms with Crippen LogP contribution in [0.4, 0.5) is 0 Å². The van der Waals surface area contributed by atoms with Crippen LogP contribution in [0.15, 0.2) is 0 Å². The predicted octanol–water partition coefficient (Wildman–Crippen LogP) is 1.92. The van der Waals surface area contributed by atoms with Crippen molar-refractivity contribution < 1.29 is 55.5 Å². The van der Waals surface area contributed by atoms with E-state index < -0.39 is 46.1 Å². The summed E-state index contributed by atoms with van der Waals surface area (Å²) in [5.74, 6) is -5.82. The molecule has 0 saturated carbocycles. The van der Waals surface area contributed by atoms with E-state index in [9.17, 15) is 18.7 Å². The smallest absolute Gasteiger partial charge is 0.471 e. The van der Waals surface area contributed by atoms with Crippen molar-refractivity contribution in [2.45, 2.75) is 39.4 Å². The van der Waals surface area contributed by atoms with Crippen LogP contribution in [0.5, 0.6) is 0 Å². The van der Waals surface area contributed by atoms with Gasteiger partial charge in [0, 0.05) is 7.11 Å². The standard InChI is InChI=1S/C13H25BO12P2/c1-6-20-27(17,21-7-2)12(19-5)10(15)24-14-25-11(16)13(26-14)28(18,22-8-3)23-9-4/h12-13H,6-9H2,1-5H3. The van der Waals surface area contributed by atoms with Crippen molar-refractivity contribution >= 4 is 34.5 Å². The van der Waals surface area contributed by atoms with Crippen molar-refractivity contribution in [1.82, 2.24) is 0 Å². The highest BCUT2D eigenvalue weighted by Crippen LogP contribution is 2.56. The Morgan fingerprint density at radius 2 is 1.54 bits per heavy atom. The molecule has 0 spiro atoms. The van der Waals surface area contributed by atoms with Gasteiger partial charge in [0.1, 0.15) is 0 Å². The summed E-state index contributed by atoms with van der Waals surface area (Å²) in [7, 11) is -8.81. The van der Waals surface area contributed by atoms with E-state index >= 15 is 0 Å². The lowest BCUT2D eigenvalue weighted by Gasteiger charge is -2.23. The van der Waals surface area contributed by atoms with E-state index in [2.05, 4.69) is 0 Å². The maximum atomic E-state index is 12.7. The normalized spacial score (nSPS) is 18.8. The lowest BCUT2D eigenvalue weighted by molar-refractivity contribution is -0.145. The Morgan fingerprint density at radius 3 is 1.96 bits per heavy atom. The Hall–Kier alpha value is -0.775. The second kappa shape index (κ2) is 11.4. The van der Waals surface area contributed by atoms with Gasteiger partial charge in [-0.25, -0.2) is 0 Å². The molecule has 0 aromatic rings. The van der Waals surface area contributed by atoms with Gasteiger partial charge in [0.25, 0.3) is 5.85 Å². The third-order valence-corrected chi connectivity index (χ3v) is 7.48. The summed E-state index contributed by atoms with van der Waals surface area (Å²) in [5, 5.41) is 0. The highest BCUT2D eigenvalue weighted by atomic mass is 31.2. The lowest BCUT2D eigenvalue weighted by Crippen LogP contribution is -2.34. The minimum Gasteiger partial charge on any atom is -0.471 e. The summed E-state index contributed by atoms with van der Waals surface area (Å²) < 4.78 is 65.1. The number of methoxy groups -OCH3 is 1. The van der Waals surface area contributed by atoms with Crippen LogP contribution in [0.1, 0.15) is 27.7 Å². The molecule has 1 fully saturated rings. The first-order valence-electron chi connectivity index (χ1n) is 8.58. The Balaban J connectivity index is 2.90. The molecule has 1 aliphatic heterocycles. The third kappa shape index (κ3) is 6.11. The van der Waals surface area contributed by atoms with Gasteiger partial charge in [0.05, 0.1) is 26.4 Å². The fourth-order valence-electron chi connectivity index (χ4n) is 2.17. The average molecular weight is 446 g/mol. The molecule has 162 valence electrons. The van der Waals surface area contributed by atoms with Crippen LogP contribution < -0.4 is 0 Å². The zero-order valence-electron chi connectivity index (χ0n) is 16.4. The van der Waals surface area contributed by atoms with Crippen molar-refractivity contribution in [3.05, 3.63) is 0 Å². The average Bonchev–Trinajstić information content (AvgIpc) is 2.97. The maximum Gasteiger partial charge on any atom is 0.793 e. The zero-order valence-corrected chi connectivity index (χ0v) is 18.1. The Kier molecular flexibility index (Phi) is 10.3. The molecule has 0 aliphatic carbocycles. The van der Waals surface area contributed by atoms with Gasteiger partial charge in [0.2, 0.25) is 5.85 Å². The molecule has 0 aromatic carbocycles. The van der Waals surface area contributed by atoms with Gasteiger partial charge in [-0.05, 0) is 27.7 Å². The van der Waals surface area contributed by atoms with Gasteiger partial charge in [-0.2, -0.15) is 0 Å². The number of carbonyl (C=O) groups is 2. The second-order valence-corrected chi connectivity index (χ2v) is 9.12. The van der Waals surface area contributed by atoms with E-state index in [1.54, 1.807) is 27.7 Å². The van der Waals surface area contributed by atoms with Crippen LogP contribution in [0.3, 0.4) is 0 Å². The van der Waals surface area contributed by atoms with E-state index in [0.29, 0.717) is 0 Å². The molecule has 1 aliphatic rings. The first-order valence-corrected chi connectivity index (χ1v) is 11.8. The molecule has 0 N–H and O–H groups in total. The van der Waals surface area contributed by atoms with Gasteiger partial charge in [-0.1, -0.05) is 0 Å². The quantitative estimate of drug-likeness (QED) is 0.301. The predicted molar refractivity (Wildman–Crippen MR) is 95.3 cm³/mol. The highest BCUT2D eigenvalue weighted by Gasteiger charge is 2.57. The number of hydrogen-bond acceptors (Lipinski definition) is 12. The van der Waals surface area contributed by atoms with Crippen LogP contribution in [0.25, 0.3) is 0 Å². The SMILES string of the molecule is CCOP(=O)(OCC)C(OC)C(=O)OB1OC(=O)C(P(=O)(OCC)OCC)O1. The van der Waals surface area contributed by atoms with Crippen LogP contribution in [0, 0.1) is 0 Å². The summed E-state index contributed by atoms with van der Waals surface area (Å²) in [6, 6.07) is 0. The molecule has 0 amide bonds. The molecule has 12 nitrogen and oxygen atoms in total. The largest absolute Gasteiger partial charge is 0.793 e. The molecule has 0 radical (unpaired) electrons. The van der Waals surface area contributed by atoms with Crippen LogP contribution in [0.2, 0.25) is 0 Å². The summed E-state index contributed by atoms with van der Waals surface area (Å²) in [4.78, 5) is 24.4. The monoisotopic (exact) mass is 446 g/mol. The topological polar surface area (TPSA) is 142 Å². The van der Waals surface area contributed by atoms with Gasteiger partial charge in [0.15, 0.2) is 0 Å². The minimum absolute atomic E-state index is 0.0205. The van der Waals surface area contributed by atoms with E-state index in [4.69, 9.17) is 36.8 Å². The first-order chi connectivity index (χ1) is 13.2. The number of rotatable bonds is 13. The highest BCUT2D eigenvalue weighted by molar-refractivity contribution is 7.56. The van der Waals surface area contributed by atoms with Crippen LogP contribution in [-0.2, 0) is 55.5 Å². The maximum absolute atomic E-state index is 12.7. The van der Waals surface area contributed by atoms with Crippen molar-refractivity contribution in [1.29, 1.82) is 0 Å². The number of ether oxygens (including phenoxy) is 1. The Labute approximate surface area is 163 Å². The third-order valence-electron chi connectivity index (χ3n) is 3.10. The number of carbonyl (C=O) groups excluding carboxylic acids is 2. The fourth-order valence-corrected chi connectivity index (χ4v) is 5.44. The second-order valence-electron chi connectivity index (χ2n) is 4.99. The summed E-state index contributed by atoms with van der Waals surface area (Å²) in [6.45, 7) is 6.11. The van der Waals surface area contributed by atoms with E-state index in [-0.39, 0.29) is 26.4 Å². The van der Waals surface area contributed by atoms with Crippen molar-refractivity contribution in [3.8, 4) is 0 Å². The van der Waals surface area contributed by atoms with Gasteiger partial charge >= 0.3 is 34.5 Å². The number of hydrogen-bond donors (Lipinski definition) is 0. The molecule has 1 rings (SSSR count). The van der Waals surface area contributed by atoms with Gasteiger partial charge < -0.3 is 36.8 Å². The molecule has 2 unspecified atom stereocenters. The fraction of sp³-hybridized carbons (Fsp3) is 0.846. The van der Waals surface area contributed by atoms with Gasteiger partial charge in [-0.3, -0.25) is 18.7 Å². The van der Waals surface area contributed by atoms with Crippen molar-refractivity contribution in [2.75, 3.05) is 33.5 Å². The molecular formula is C13H25BO12P2. The van der Waals surface area contributed by atoms with Gasteiger partial charge in [-0.15, -0.1) is 0 Å². The van der Waals surface area contributed by atoms with E-state index in [1.165, 1.54) is 0 Å². The molecule has 2 atom stereocenters. The molecular weight excluding hydrogens is 421 g/mol. The first kappa shape index (κ1) is 25.3. The van der Waals surface area contributed by atoms with E-state index in [1.807, 2.05) is 0 Å². The molecule has 0 aromatic heterocycles. The summed E-state index contributed by atoms with van der Waals surface area (Å²) in [5.41, 5.74) is 0. The van der Waals surface area contributed by atoms with E-state index in [0.717, 1.165) is 7.11 Å². The van der Waals surface area contributed by atoms with Crippen LogP contribution >= 0.6 is 15.2 Å². The molecule has 0 bridgehead atoms. The van der Waals surface area contributed by atoms with Crippen LogP contribution in [-0.4, -0.2) is 64.5 Å². The molecule has 1 heterocycles. The molecule has 28 heavy (non-hydrogen) atoms. The minimum atomic E-state index is -4.02. The summed E-state index contributed by atoms with van der Waals surface area (Å²) in [6.07, 6.45) is 0. The lowest BCUT2D eigenvalue weighted by atomic mass is 10.2. The van der Waals surface area contributed by atoms with Crippen molar-refractivity contribution in [2.24, 2.45) is 0 Å². The molecule has 15 heteroatoms. The Morgan fingerprint density at radius 1 is 1.04 bits per heavy atom. The Bertz CT molecular complexity index is 609. The van der Waals surface area contributed by atoms with Crippen molar-refractivity contribution in [3.63, 3.8) is 0 Å². The summed E-state index contributed by atoms with van der Waals surface area (Å²) >= 11 is 0. The molecule has 1 saturated heterocycles.